The Morgan fingerprint density at radius 1 is 1.29 bits per heavy atom. The van der Waals surface area contributed by atoms with Crippen LogP contribution in [0.25, 0.3) is 0 Å². The Hall–Kier alpha value is -0.120. The van der Waals surface area contributed by atoms with E-state index < -0.39 is 0 Å². The largest absolute Gasteiger partial charge is 0.379 e. The molecular formula is C11H23NO2. The van der Waals surface area contributed by atoms with E-state index in [0.29, 0.717) is 6.10 Å². The number of hydrogen-bond acceptors (Lipinski definition) is 3. The zero-order valence-corrected chi connectivity index (χ0v) is 9.37. The van der Waals surface area contributed by atoms with Crippen molar-refractivity contribution in [3.8, 4) is 0 Å². The second kappa shape index (κ2) is 6.38. The molecule has 1 aliphatic rings. The van der Waals surface area contributed by atoms with Crippen LogP contribution in [0.3, 0.4) is 0 Å². The number of ether oxygens (including phenoxy) is 2. The van der Waals surface area contributed by atoms with Gasteiger partial charge < -0.3 is 15.2 Å². The van der Waals surface area contributed by atoms with E-state index in [1.54, 1.807) is 7.11 Å². The molecule has 1 saturated carbocycles. The molecule has 3 atom stereocenters. The first-order valence-electron chi connectivity index (χ1n) is 5.66. The summed E-state index contributed by atoms with van der Waals surface area (Å²) in [6.45, 7) is 3.61. The zero-order valence-electron chi connectivity index (χ0n) is 9.37. The lowest BCUT2D eigenvalue weighted by Gasteiger charge is -2.34. The van der Waals surface area contributed by atoms with Crippen molar-refractivity contribution in [3.05, 3.63) is 0 Å². The van der Waals surface area contributed by atoms with Crippen molar-refractivity contribution in [1.82, 2.24) is 0 Å². The third kappa shape index (κ3) is 3.23. The van der Waals surface area contributed by atoms with Gasteiger partial charge in [-0.3, -0.25) is 0 Å². The fraction of sp³-hybridized carbons (Fsp3) is 1.00. The van der Waals surface area contributed by atoms with Crippen LogP contribution in [0.2, 0.25) is 0 Å². The first kappa shape index (κ1) is 12.0. The Bertz CT molecular complexity index is 152. The van der Waals surface area contributed by atoms with Crippen LogP contribution < -0.4 is 5.73 Å². The molecule has 1 aliphatic carbocycles. The SMILES string of the molecule is CCOC1CC(CCN)CCC1OC. The average molecular weight is 201 g/mol. The van der Waals surface area contributed by atoms with Gasteiger partial charge in [-0.2, -0.15) is 0 Å². The van der Waals surface area contributed by atoms with Crippen molar-refractivity contribution >= 4 is 0 Å². The van der Waals surface area contributed by atoms with Gasteiger partial charge in [-0.15, -0.1) is 0 Å². The predicted molar refractivity (Wildman–Crippen MR) is 57.2 cm³/mol. The molecule has 0 bridgehead atoms. The number of rotatable bonds is 5. The van der Waals surface area contributed by atoms with Gasteiger partial charge in [0.05, 0.1) is 12.2 Å². The summed E-state index contributed by atoms with van der Waals surface area (Å²) in [5, 5.41) is 0. The van der Waals surface area contributed by atoms with Gasteiger partial charge >= 0.3 is 0 Å². The highest BCUT2D eigenvalue weighted by molar-refractivity contribution is 4.81. The van der Waals surface area contributed by atoms with Gasteiger partial charge in [0, 0.05) is 13.7 Å². The zero-order chi connectivity index (χ0) is 10.4. The molecule has 0 aromatic heterocycles. The lowest BCUT2D eigenvalue weighted by Crippen LogP contribution is -2.37. The second-order valence-electron chi connectivity index (χ2n) is 4.02. The Morgan fingerprint density at radius 3 is 2.64 bits per heavy atom. The minimum Gasteiger partial charge on any atom is -0.379 e. The summed E-state index contributed by atoms with van der Waals surface area (Å²) in [5.41, 5.74) is 5.57. The Kier molecular flexibility index (Phi) is 5.45. The summed E-state index contributed by atoms with van der Waals surface area (Å²) in [6, 6.07) is 0. The van der Waals surface area contributed by atoms with E-state index in [1.807, 2.05) is 6.92 Å². The third-order valence-electron chi connectivity index (χ3n) is 3.10. The monoisotopic (exact) mass is 201 g/mol. The summed E-state index contributed by atoms with van der Waals surface area (Å²) in [6.07, 6.45) is 5.17. The van der Waals surface area contributed by atoms with Crippen molar-refractivity contribution < 1.29 is 9.47 Å². The van der Waals surface area contributed by atoms with Gasteiger partial charge in [0.1, 0.15) is 0 Å². The third-order valence-corrected chi connectivity index (χ3v) is 3.10. The summed E-state index contributed by atoms with van der Waals surface area (Å²) in [4.78, 5) is 0. The molecule has 1 fully saturated rings. The van der Waals surface area contributed by atoms with Crippen LogP contribution in [-0.4, -0.2) is 32.5 Å². The normalized spacial score (nSPS) is 33.2. The van der Waals surface area contributed by atoms with E-state index in [2.05, 4.69) is 0 Å². The van der Waals surface area contributed by atoms with E-state index in [-0.39, 0.29) is 6.10 Å². The predicted octanol–water partition coefficient (Wildman–Crippen LogP) is 1.56. The van der Waals surface area contributed by atoms with Crippen molar-refractivity contribution in [2.24, 2.45) is 11.7 Å². The van der Waals surface area contributed by atoms with Crippen LogP contribution in [0.15, 0.2) is 0 Å². The fourth-order valence-corrected chi connectivity index (χ4v) is 2.34. The average Bonchev–Trinajstić information content (AvgIpc) is 2.19. The molecule has 0 aliphatic heterocycles. The first-order chi connectivity index (χ1) is 6.81. The molecule has 3 heteroatoms. The van der Waals surface area contributed by atoms with Crippen LogP contribution in [0.4, 0.5) is 0 Å². The van der Waals surface area contributed by atoms with Crippen molar-refractivity contribution in [3.63, 3.8) is 0 Å². The van der Waals surface area contributed by atoms with Crippen LogP contribution >= 0.6 is 0 Å². The van der Waals surface area contributed by atoms with Gasteiger partial charge in [-0.05, 0) is 45.1 Å². The number of hydrogen-bond donors (Lipinski definition) is 1. The molecule has 14 heavy (non-hydrogen) atoms. The minimum atomic E-state index is 0.287. The van der Waals surface area contributed by atoms with E-state index in [0.717, 1.165) is 38.3 Å². The van der Waals surface area contributed by atoms with Crippen molar-refractivity contribution in [1.29, 1.82) is 0 Å². The highest BCUT2D eigenvalue weighted by Gasteiger charge is 2.30. The van der Waals surface area contributed by atoms with E-state index >= 15 is 0 Å². The molecule has 0 aromatic rings. The highest BCUT2D eigenvalue weighted by Crippen LogP contribution is 2.30. The molecule has 1 rings (SSSR count). The summed E-state index contributed by atoms with van der Waals surface area (Å²) in [5.74, 6) is 0.739. The lowest BCUT2D eigenvalue weighted by atomic mass is 9.83. The molecule has 0 aromatic carbocycles. The fourth-order valence-electron chi connectivity index (χ4n) is 2.34. The van der Waals surface area contributed by atoms with Crippen molar-refractivity contribution in [2.45, 2.75) is 44.8 Å². The quantitative estimate of drug-likeness (QED) is 0.734. The summed E-state index contributed by atoms with van der Waals surface area (Å²) >= 11 is 0. The Labute approximate surface area is 86.9 Å². The molecule has 0 amide bonds. The molecule has 0 radical (unpaired) electrons. The number of nitrogens with two attached hydrogens (primary N) is 1. The smallest absolute Gasteiger partial charge is 0.0839 e. The maximum Gasteiger partial charge on any atom is 0.0839 e. The molecule has 3 unspecified atom stereocenters. The van der Waals surface area contributed by atoms with E-state index in [1.165, 1.54) is 6.42 Å². The van der Waals surface area contributed by atoms with Crippen LogP contribution in [-0.2, 0) is 9.47 Å². The van der Waals surface area contributed by atoms with Crippen LogP contribution in [0.1, 0.15) is 32.6 Å². The minimum absolute atomic E-state index is 0.287. The molecule has 0 spiro atoms. The van der Waals surface area contributed by atoms with Gasteiger partial charge in [0.25, 0.3) is 0 Å². The van der Waals surface area contributed by atoms with Gasteiger partial charge in [-0.25, -0.2) is 0 Å². The molecule has 84 valence electrons. The van der Waals surface area contributed by atoms with Gasteiger partial charge in [0.2, 0.25) is 0 Å². The summed E-state index contributed by atoms with van der Waals surface area (Å²) in [7, 11) is 1.78. The van der Waals surface area contributed by atoms with E-state index in [9.17, 15) is 0 Å². The Balaban J connectivity index is 2.39. The maximum absolute atomic E-state index is 5.70. The highest BCUT2D eigenvalue weighted by atomic mass is 16.5. The standard InChI is InChI=1S/C11H23NO2/c1-3-14-11-8-9(6-7-12)4-5-10(11)13-2/h9-11H,3-8,12H2,1-2H3. The van der Waals surface area contributed by atoms with Crippen LogP contribution in [0.5, 0.6) is 0 Å². The Morgan fingerprint density at radius 2 is 2.07 bits per heavy atom. The molecular weight excluding hydrogens is 178 g/mol. The van der Waals surface area contributed by atoms with Gasteiger partial charge in [0.15, 0.2) is 0 Å². The lowest BCUT2D eigenvalue weighted by molar-refractivity contribution is -0.0850. The summed E-state index contributed by atoms with van der Waals surface area (Å²) < 4.78 is 11.1. The molecule has 2 N–H and O–H groups in total. The topological polar surface area (TPSA) is 44.5 Å². The van der Waals surface area contributed by atoms with Crippen molar-refractivity contribution in [2.75, 3.05) is 20.3 Å². The molecule has 3 nitrogen and oxygen atoms in total. The first-order valence-corrected chi connectivity index (χ1v) is 5.66. The number of methoxy groups -OCH3 is 1. The maximum atomic E-state index is 5.70. The molecule has 0 saturated heterocycles. The van der Waals surface area contributed by atoms with E-state index in [4.69, 9.17) is 15.2 Å². The second-order valence-corrected chi connectivity index (χ2v) is 4.02. The van der Waals surface area contributed by atoms with Crippen LogP contribution in [0, 0.1) is 5.92 Å². The van der Waals surface area contributed by atoms with Gasteiger partial charge in [-0.1, -0.05) is 0 Å². The molecule has 0 heterocycles.